The van der Waals surface area contributed by atoms with E-state index in [0.29, 0.717) is 24.1 Å². The van der Waals surface area contributed by atoms with Gasteiger partial charge in [0.25, 0.3) is 0 Å². The van der Waals surface area contributed by atoms with Crippen molar-refractivity contribution in [2.24, 2.45) is 22.7 Å². The van der Waals surface area contributed by atoms with Gasteiger partial charge in [-0.25, -0.2) is 9.18 Å². The Morgan fingerprint density at radius 1 is 1.14 bits per heavy atom. The number of amides is 2. The number of carbonyl (C=O) groups is 3. The Hall–Kier alpha value is -2.78. The van der Waals surface area contributed by atoms with Gasteiger partial charge in [-0.05, 0) is 66.9 Å². The highest BCUT2D eigenvalue weighted by Gasteiger charge is 2.88. The second-order valence-electron chi connectivity index (χ2n) is 12.8. The maximum absolute atomic E-state index is 14.3. The zero-order valence-electron chi connectivity index (χ0n) is 24.8. The van der Waals surface area contributed by atoms with Gasteiger partial charge in [0.1, 0.15) is 11.9 Å². The number of hydrogen-bond donors (Lipinski definition) is 3. The Bertz CT molecular complexity index is 1200. The van der Waals surface area contributed by atoms with Gasteiger partial charge in [-0.3, -0.25) is 9.59 Å². The van der Waals surface area contributed by atoms with Crippen LogP contribution in [0.3, 0.4) is 0 Å². The number of hydrogen-bond acceptors (Lipinski definition) is 6. The first-order chi connectivity index (χ1) is 20.2. The molecule has 2 bridgehead atoms. The van der Waals surface area contributed by atoms with Crippen LogP contribution in [0.25, 0.3) is 6.08 Å². The molecule has 9 heteroatoms. The number of nitrogens with one attached hydrogen (secondary N) is 2. The number of aliphatic hydroxyl groups is 1. The Balaban J connectivity index is 1.24. The van der Waals surface area contributed by atoms with E-state index >= 15 is 0 Å². The number of unbranched alkanes of at least 4 members (excludes halogenated alkanes) is 1. The van der Waals surface area contributed by atoms with Crippen molar-refractivity contribution < 1.29 is 33.4 Å². The number of fused-ring (bicyclic) bond motifs is 5. The number of esters is 1. The number of carbonyl (C=O) groups excluding carboxylic acids is 3. The second-order valence-corrected chi connectivity index (χ2v) is 12.8. The molecular formula is C33H45FN2O6. The molecule has 2 saturated heterocycles. The molecule has 5 rings (SSSR count). The van der Waals surface area contributed by atoms with Gasteiger partial charge in [0.15, 0.2) is 0 Å². The first kappa shape index (κ1) is 30.7. The number of aliphatic hydroxyl groups excluding tert-OH is 1. The summed E-state index contributed by atoms with van der Waals surface area (Å²) in [5.41, 5.74) is 0.00663. The van der Waals surface area contributed by atoms with Crippen LogP contribution >= 0.6 is 0 Å². The molecule has 2 saturated carbocycles. The average Bonchev–Trinajstić information content (AvgIpc) is 3.26. The molecule has 2 aliphatic heterocycles. The van der Waals surface area contributed by atoms with Crippen LogP contribution in [0.5, 0.6) is 0 Å². The third kappa shape index (κ3) is 5.62. The van der Waals surface area contributed by atoms with Crippen LogP contribution in [0.2, 0.25) is 0 Å². The molecule has 8 nitrogen and oxygen atoms in total. The van der Waals surface area contributed by atoms with E-state index in [4.69, 9.17) is 9.47 Å². The van der Waals surface area contributed by atoms with E-state index in [1.807, 2.05) is 6.92 Å². The number of ether oxygens (including phenoxy) is 2. The van der Waals surface area contributed by atoms with Gasteiger partial charge in [-0.2, -0.15) is 0 Å². The van der Waals surface area contributed by atoms with Gasteiger partial charge in [-0.15, -0.1) is 0 Å². The number of methoxy groups -OCH3 is 1. The molecule has 2 aliphatic carbocycles. The van der Waals surface area contributed by atoms with Crippen molar-refractivity contribution in [2.45, 2.75) is 95.8 Å². The minimum Gasteiger partial charge on any atom is -0.466 e. The fraction of sp³-hybridized carbons (Fsp3) is 0.667. The van der Waals surface area contributed by atoms with E-state index < -0.39 is 35.3 Å². The lowest BCUT2D eigenvalue weighted by molar-refractivity contribution is -0.135. The molecule has 0 radical (unpaired) electrons. The molecule has 42 heavy (non-hydrogen) atoms. The van der Waals surface area contributed by atoms with Crippen molar-refractivity contribution >= 4 is 23.9 Å². The monoisotopic (exact) mass is 584 g/mol. The normalized spacial score (nSPS) is 30.6. The highest BCUT2D eigenvalue weighted by molar-refractivity contribution is 5.94. The Kier molecular flexibility index (Phi) is 9.38. The first-order valence-electron chi connectivity index (χ1n) is 15.6. The van der Waals surface area contributed by atoms with E-state index in [0.717, 1.165) is 31.6 Å². The predicted octanol–water partition coefficient (Wildman–Crippen LogP) is 4.08. The number of rotatable bonds is 13. The van der Waals surface area contributed by atoms with Crippen LogP contribution in [-0.4, -0.2) is 61.4 Å². The van der Waals surface area contributed by atoms with Crippen LogP contribution in [-0.2, 0) is 30.3 Å². The summed E-state index contributed by atoms with van der Waals surface area (Å²) in [5.74, 6) is -0.939. The fourth-order valence-corrected chi connectivity index (χ4v) is 8.36. The third-order valence-corrected chi connectivity index (χ3v) is 10.7. The Morgan fingerprint density at radius 3 is 2.64 bits per heavy atom. The summed E-state index contributed by atoms with van der Waals surface area (Å²) < 4.78 is 25.3. The van der Waals surface area contributed by atoms with Crippen LogP contribution in [0.4, 0.5) is 4.39 Å². The molecule has 3 N–H and O–H groups in total. The summed E-state index contributed by atoms with van der Waals surface area (Å²) in [4.78, 5) is 38.6. The lowest BCUT2D eigenvalue weighted by Gasteiger charge is -2.26. The fourth-order valence-electron chi connectivity index (χ4n) is 8.36. The van der Waals surface area contributed by atoms with E-state index in [-0.39, 0.29) is 29.9 Å². The maximum atomic E-state index is 14.3. The number of halogens is 1. The third-order valence-electron chi connectivity index (χ3n) is 10.7. The number of benzene rings is 1. The molecule has 2 heterocycles. The van der Waals surface area contributed by atoms with E-state index in [1.165, 1.54) is 63.8 Å². The minimum absolute atomic E-state index is 0.105. The largest absolute Gasteiger partial charge is 0.466 e. The van der Waals surface area contributed by atoms with Crippen LogP contribution < -0.4 is 10.6 Å². The van der Waals surface area contributed by atoms with Gasteiger partial charge in [0.2, 0.25) is 11.8 Å². The Morgan fingerprint density at radius 2 is 1.90 bits per heavy atom. The van der Waals surface area contributed by atoms with Gasteiger partial charge < -0.3 is 25.2 Å². The molecule has 2 amide bonds. The van der Waals surface area contributed by atoms with E-state index in [9.17, 15) is 23.9 Å². The SMILES string of the molecule is COC(=O)C=Cc1ccc(F)cc1CC1C2(C)C3CCC(O3)C12C(=O)NC(CO)C(=O)NCCCCC1CCCCC1. The highest BCUT2D eigenvalue weighted by atomic mass is 19.1. The standard InChI is InChI=1S/C33H45FN2O6/c1-32-26(19-23-18-24(34)13-11-22(23)12-16-29(38)41-2)33(32,28-15-14-27(32)42-28)31(40)36-25(20-37)30(39)35-17-7-6-10-21-8-4-3-5-9-21/h11-13,16,18,21,25-28,37H,3-10,14-15,17,19-20H2,1-2H3,(H,35,39)(H,36,40). The van der Waals surface area contributed by atoms with E-state index in [1.54, 1.807) is 12.1 Å². The summed E-state index contributed by atoms with van der Waals surface area (Å²) in [6.07, 6.45) is 14.2. The molecule has 1 aromatic carbocycles. The van der Waals surface area contributed by atoms with Crippen LogP contribution in [0.1, 0.15) is 82.3 Å². The van der Waals surface area contributed by atoms with Crippen LogP contribution in [0, 0.1) is 28.5 Å². The molecule has 6 atom stereocenters. The van der Waals surface area contributed by atoms with Gasteiger partial charge in [0, 0.05) is 18.0 Å². The van der Waals surface area contributed by atoms with Crippen LogP contribution in [0.15, 0.2) is 24.3 Å². The smallest absolute Gasteiger partial charge is 0.330 e. The molecule has 0 aromatic heterocycles. The van der Waals surface area contributed by atoms with Gasteiger partial charge in [0.05, 0.1) is 31.3 Å². The van der Waals surface area contributed by atoms with Crippen molar-refractivity contribution in [3.63, 3.8) is 0 Å². The summed E-state index contributed by atoms with van der Waals surface area (Å²) in [6.45, 7) is 2.06. The molecule has 4 aliphatic rings. The van der Waals surface area contributed by atoms with Gasteiger partial charge >= 0.3 is 5.97 Å². The zero-order chi connectivity index (χ0) is 29.9. The molecule has 230 valence electrons. The van der Waals surface area contributed by atoms with Crippen molar-refractivity contribution in [1.29, 1.82) is 0 Å². The van der Waals surface area contributed by atoms with Crippen molar-refractivity contribution in [2.75, 3.05) is 20.3 Å². The van der Waals surface area contributed by atoms with Crippen molar-refractivity contribution in [3.8, 4) is 0 Å². The molecule has 6 unspecified atom stereocenters. The van der Waals surface area contributed by atoms with Gasteiger partial charge in [-0.1, -0.05) is 57.9 Å². The quantitative estimate of drug-likeness (QED) is 0.183. The molecular weight excluding hydrogens is 539 g/mol. The first-order valence-corrected chi connectivity index (χ1v) is 15.6. The lowest BCUT2D eigenvalue weighted by Crippen LogP contribution is -2.53. The molecule has 4 fully saturated rings. The summed E-state index contributed by atoms with van der Waals surface area (Å²) in [5, 5.41) is 15.8. The van der Waals surface area contributed by atoms with Crippen molar-refractivity contribution in [3.05, 3.63) is 41.2 Å². The molecule has 1 aromatic rings. The maximum Gasteiger partial charge on any atom is 0.330 e. The average molecular weight is 585 g/mol. The highest BCUT2D eigenvalue weighted by Crippen LogP contribution is 2.81. The Labute approximate surface area is 247 Å². The minimum atomic E-state index is -1.05. The summed E-state index contributed by atoms with van der Waals surface area (Å²) >= 11 is 0. The summed E-state index contributed by atoms with van der Waals surface area (Å²) in [6, 6.07) is 3.35. The molecule has 0 spiro atoms. The van der Waals surface area contributed by atoms with E-state index in [2.05, 4.69) is 10.6 Å². The zero-order valence-corrected chi connectivity index (χ0v) is 24.8. The topological polar surface area (TPSA) is 114 Å². The van der Waals surface area contributed by atoms with Crippen molar-refractivity contribution in [1.82, 2.24) is 10.6 Å². The second kappa shape index (κ2) is 12.8. The predicted molar refractivity (Wildman–Crippen MR) is 156 cm³/mol. The lowest BCUT2D eigenvalue weighted by atomic mass is 9.80. The summed E-state index contributed by atoms with van der Waals surface area (Å²) in [7, 11) is 1.29.